The molecule has 0 spiro atoms. The fourth-order valence-electron chi connectivity index (χ4n) is 1.22. The molecule has 0 amide bonds. The second kappa shape index (κ2) is 4.68. The molecule has 4 nitrogen and oxygen atoms in total. The maximum absolute atomic E-state index is 5.98. The standard InChI is InChI=1S/C9H11Cl2NO3/c1-13-7-4(10)8(14-2)6(12)9(15-3)5(7)11/h12H2,1-3H3. The van der Waals surface area contributed by atoms with Gasteiger partial charge in [-0.3, -0.25) is 0 Å². The highest BCUT2D eigenvalue weighted by atomic mass is 35.5. The molecule has 84 valence electrons. The molecule has 0 aliphatic carbocycles. The second-order valence-corrected chi connectivity index (χ2v) is 3.40. The highest BCUT2D eigenvalue weighted by Crippen LogP contribution is 2.50. The maximum atomic E-state index is 5.98. The SMILES string of the molecule is COc1c(N)c(OC)c(Cl)c(OC)c1Cl. The van der Waals surface area contributed by atoms with Crippen molar-refractivity contribution in [3.63, 3.8) is 0 Å². The predicted molar refractivity (Wildman–Crippen MR) is 60.5 cm³/mol. The van der Waals surface area contributed by atoms with Gasteiger partial charge >= 0.3 is 0 Å². The zero-order valence-corrected chi connectivity index (χ0v) is 10.1. The number of nitrogens with two attached hydrogens (primary N) is 1. The Kier molecular flexibility index (Phi) is 3.77. The van der Waals surface area contributed by atoms with Crippen LogP contribution in [0, 0.1) is 0 Å². The van der Waals surface area contributed by atoms with Crippen LogP contribution in [0.3, 0.4) is 0 Å². The first-order chi connectivity index (χ1) is 7.08. The van der Waals surface area contributed by atoms with Crippen LogP contribution in [0.4, 0.5) is 5.69 Å². The van der Waals surface area contributed by atoms with Crippen molar-refractivity contribution in [1.82, 2.24) is 0 Å². The van der Waals surface area contributed by atoms with Crippen molar-refractivity contribution >= 4 is 28.9 Å². The van der Waals surface area contributed by atoms with Gasteiger partial charge in [0.05, 0.1) is 21.3 Å². The molecule has 0 saturated carbocycles. The van der Waals surface area contributed by atoms with Gasteiger partial charge in [0.25, 0.3) is 0 Å². The third-order valence-electron chi connectivity index (χ3n) is 1.90. The van der Waals surface area contributed by atoms with E-state index >= 15 is 0 Å². The van der Waals surface area contributed by atoms with Crippen LogP contribution in [0.2, 0.25) is 10.0 Å². The summed E-state index contributed by atoms with van der Waals surface area (Å²) in [7, 11) is 4.34. The normalized spacial score (nSPS) is 9.93. The third kappa shape index (κ3) is 1.87. The van der Waals surface area contributed by atoms with Crippen LogP contribution in [0.5, 0.6) is 17.2 Å². The van der Waals surface area contributed by atoms with Crippen LogP contribution in [0.25, 0.3) is 0 Å². The van der Waals surface area contributed by atoms with Gasteiger partial charge in [-0.25, -0.2) is 0 Å². The largest absolute Gasteiger partial charge is 0.493 e. The van der Waals surface area contributed by atoms with Crippen LogP contribution in [-0.2, 0) is 0 Å². The van der Waals surface area contributed by atoms with Crippen molar-refractivity contribution in [2.24, 2.45) is 0 Å². The quantitative estimate of drug-likeness (QED) is 0.840. The molecule has 0 radical (unpaired) electrons. The highest BCUT2D eigenvalue weighted by molar-refractivity contribution is 6.40. The molecule has 1 aromatic rings. The van der Waals surface area contributed by atoms with E-state index in [-0.39, 0.29) is 33.0 Å². The molecule has 0 aliphatic rings. The number of ether oxygens (including phenoxy) is 3. The lowest BCUT2D eigenvalue weighted by Crippen LogP contribution is -2.00. The van der Waals surface area contributed by atoms with Gasteiger partial charge in [-0.1, -0.05) is 23.2 Å². The number of hydrogen-bond acceptors (Lipinski definition) is 4. The summed E-state index contributed by atoms with van der Waals surface area (Å²) in [6.07, 6.45) is 0. The summed E-state index contributed by atoms with van der Waals surface area (Å²) in [5, 5.41) is 0.451. The minimum Gasteiger partial charge on any atom is -0.493 e. The Hall–Kier alpha value is -1.00. The number of methoxy groups -OCH3 is 3. The van der Waals surface area contributed by atoms with Crippen molar-refractivity contribution in [3.8, 4) is 17.2 Å². The van der Waals surface area contributed by atoms with E-state index in [0.717, 1.165) is 0 Å². The van der Waals surface area contributed by atoms with E-state index in [1.807, 2.05) is 0 Å². The van der Waals surface area contributed by atoms with Crippen molar-refractivity contribution in [1.29, 1.82) is 0 Å². The van der Waals surface area contributed by atoms with E-state index in [4.69, 9.17) is 43.1 Å². The Balaban J connectivity index is 3.57. The Morgan fingerprint density at radius 3 is 1.40 bits per heavy atom. The molecule has 6 heteroatoms. The van der Waals surface area contributed by atoms with Crippen LogP contribution in [0.15, 0.2) is 0 Å². The number of halogens is 2. The lowest BCUT2D eigenvalue weighted by Gasteiger charge is -2.16. The minimum atomic E-state index is 0.225. The van der Waals surface area contributed by atoms with Gasteiger partial charge in [0.2, 0.25) is 0 Å². The number of hydrogen-bond donors (Lipinski definition) is 1. The van der Waals surface area contributed by atoms with Gasteiger partial charge in [0, 0.05) is 0 Å². The van der Waals surface area contributed by atoms with Gasteiger partial charge in [-0.2, -0.15) is 0 Å². The first kappa shape index (κ1) is 12.1. The zero-order chi connectivity index (χ0) is 11.6. The molecule has 2 N–H and O–H groups in total. The minimum absolute atomic E-state index is 0.225. The van der Waals surface area contributed by atoms with Gasteiger partial charge in [-0.05, 0) is 0 Å². The van der Waals surface area contributed by atoms with E-state index in [0.29, 0.717) is 0 Å². The molecule has 1 rings (SSSR count). The lowest BCUT2D eigenvalue weighted by atomic mass is 10.2. The highest BCUT2D eigenvalue weighted by Gasteiger charge is 2.22. The molecule has 0 fully saturated rings. The summed E-state index contributed by atoms with van der Waals surface area (Å²) in [5.74, 6) is 0.853. The maximum Gasteiger partial charge on any atom is 0.168 e. The monoisotopic (exact) mass is 251 g/mol. The van der Waals surface area contributed by atoms with E-state index in [1.165, 1.54) is 21.3 Å². The second-order valence-electron chi connectivity index (χ2n) is 2.64. The molecule has 0 unspecified atom stereocenters. The Bertz CT molecular complexity index is 304. The molecule has 0 bridgehead atoms. The van der Waals surface area contributed by atoms with Crippen molar-refractivity contribution in [3.05, 3.63) is 10.0 Å². The van der Waals surface area contributed by atoms with E-state index in [9.17, 15) is 0 Å². The smallest absolute Gasteiger partial charge is 0.168 e. The van der Waals surface area contributed by atoms with Crippen LogP contribution >= 0.6 is 23.2 Å². The number of nitrogen functional groups attached to an aromatic ring is 1. The number of rotatable bonds is 3. The topological polar surface area (TPSA) is 53.7 Å². The van der Waals surface area contributed by atoms with E-state index < -0.39 is 0 Å². The fourth-order valence-corrected chi connectivity index (χ4v) is 1.97. The van der Waals surface area contributed by atoms with Gasteiger partial charge in [0.1, 0.15) is 15.7 Å². The Labute approximate surface area is 97.8 Å². The molecule has 0 aromatic heterocycles. The molecule has 0 atom stereocenters. The van der Waals surface area contributed by atoms with Crippen molar-refractivity contribution in [2.75, 3.05) is 27.1 Å². The van der Waals surface area contributed by atoms with Crippen molar-refractivity contribution in [2.45, 2.75) is 0 Å². The summed E-state index contributed by atoms with van der Waals surface area (Å²) in [5.41, 5.74) is 6.00. The summed E-state index contributed by atoms with van der Waals surface area (Å²) in [6.45, 7) is 0. The first-order valence-corrected chi connectivity index (χ1v) is 4.76. The van der Waals surface area contributed by atoms with Gasteiger partial charge < -0.3 is 19.9 Å². The average molecular weight is 252 g/mol. The number of benzene rings is 1. The van der Waals surface area contributed by atoms with Crippen LogP contribution in [0.1, 0.15) is 0 Å². The summed E-state index contributed by atoms with van der Waals surface area (Å²) in [6, 6.07) is 0. The first-order valence-electron chi connectivity index (χ1n) is 4.00. The number of anilines is 1. The molecule has 1 aromatic carbocycles. The molecular weight excluding hydrogens is 241 g/mol. The van der Waals surface area contributed by atoms with E-state index in [2.05, 4.69) is 0 Å². The van der Waals surface area contributed by atoms with E-state index in [1.54, 1.807) is 0 Å². The zero-order valence-electron chi connectivity index (χ0n) is 8.56. The Morgan fingerprint density at radius 1 is 0.800 bits per heavy atom. The molecule has 15 heavy (non-hydrogen) atoms. The Morgan fingerprint density at radius 2 is 1.13 bits per heavy atom. The van der Waals surface area contributed by atoms with Gasteiger partial charge in [-0.15, -0.1) is 0 Å². The average Bonchev–Trinajstić information content (AvgIpc) is 2.19. The van der Waals surface area contributed by atoms with Gasteiger partial charge in [0.15, 0.2) is 17.2 Å². The van der Waals surface area contributed by atoms with Crippen molar-refractivity contribution < 1.29 is 14.2 Å². The molecule has 0 aliphatic heterocycles. The molecule has 0 saturated heterocycles. The summed E-state index contributed by atoms with van der Waals surface area (Å²) >= 11 is 12.0. The molecular formula is C9H11Cl2NO3. The third-order valence-corrected chi connectivity index (χ3v) is 2.59. The molecule has 0 heterocycles. The summed E-state index contributed by atoms with van der Waals surface area (Å²) in [4.78, 5) is 0. The fraction of sp³-hybridized carbons (Fsp3) is 0.333. The van der Waals surface area contributed by atoms with Crippen LogP contribution in [-0.4, -0.2) is 21.3 Å². The summed E-state index contributed by atoms with van der Waals surface area (Å²) < 4.78 is 15.1. The van der Waals surface area contributed by atoms with Crippen LogP contribution < -0.4 is 19.9 Å². The lowest BCUT2D eigenvalue weighted by molar-refractivity contribution is 0.379. The predicted octanol–water partition coefficient (Wildman–Crippen LogP) is 2.60.